The van der Waals surface area contributed by atoms with Crippen molar-refractivity contribution in [3.8, 4) is 0 Å². The standard InChI is InChI=1S/C22H20ClIN2O4/c1-3-4-10-30-22(29)14-6-5-7-16(12-14)25-19-18(23)20(27)26(21(19)28)17-9-8-15(24)11-13(17)2/h5-9,11-12,25H,3-4,10H2,1-2H3. The molecule has 0 unspecified atom stereocenters. The van der Waals surface area contributed by atoms with Crippen LogP contribution in [-0.4, -0.2) is 24.4 Å². The van der Waals surface area contributed by atoms with Gasteiger partial charge >= 0.3 is 5.97 Å². The average Bonchev–Trinajstić information content (AvgIpc) is 2.92. The van der Waals surface area contributed by atoms with Gasteiger partial charge in [0, 0.05) is 9.26 Å². The molecule has 2 amide bonds. The Balaban J connectivity index is 1.81. The van der Waals surface area contributed by atoms with Gasteiger partial charge in [0.25, 0.3) is 11.8 Å². The van der Waals surface area contributed by atoms with Gasteiger partial charge in [0.2, 0.25) is 0 Å². The van der Waals surface area contributed by atoms with Crippen LogP contribution in [0.3, 0.4) is 0 Å². The van der Waals surface area contributed by atoms with E-state index in [-0.39, 0.29) is 10.7 Å². The quantitative estimate of drug-likeness (QED) is 0.233. The predicted octanol–water partition coefficient (Wildman–Crippen LogP) is 4.99. The molecule has 2 aromatic rings. The lowest BCUT2D eigenvalue weighted by Gasteiger charge is -2.17. The van der Waals surface area contributed by atoms with Gasteiger partial charge in [-0.15, -0.1) is 0 Å². The van der Waals surface area contributed by atoms with Gasteiger partial charge in [-0.2, -0.15) is 0 Å². The Kier molecular flexibility index (Phi) is 7.14. The highest BCUT2D eigenvalue weighted by molar-refractivity contribution is 14.1. The number of hydrogen-bond acceptors (Lipinski definition) is 5. The minimum Gasteiger partial charge on any atom is -0.462 e. The molecule has 30 heavy (non-hydrogen) atoms. The molecule has 0 saturated carbocycles. The van der Waals surface area contributed by atoms with Crippen LogP contribution in [0.25, 0.3) is 0 Å². The molecule has 0 aliphatic carbocycles. The van der Waals surface area contributed by atoms with E-state index in [1.165, 1.54) is 0 Å². The lowest BCUT2D eigenvalue weighted by Crippen LogP contribution is -2.32. The lowest BCUT2D eigenvalue weighted by atomic mass is 10.2. The van der Waals surface area contributed by atoms with Gasteiger partial charge in [0.05, 0.1) is 17.9 Å². The normalized spacial score (nSPS) is 13.8. The Hall–Kier alpha value is -2.39. The number of aryl methyl sites for hydroxylation is 1. The zero-order valence-electron chi connectivity index (χ0n) is 16.5. The zero-order valence-corrected chi connectivity index (χ0v) is 19.4. The van der Waals surface area contributed by atoms with Crippen LogP contribution in [0.1, 0.15) is 35.7 Å². The van der Waals surface area contributed by atoms with E-state index < -0.39 is 17.8 Å². The fraction of sp³-hybridized carbons (Fsp3) is 0.227. The number of esters is 1. The molecule has 0 fully saturated rings. The highest BCUT2D eigenvalue weighted by Crippen LogP contribution is 2.32. The fourth-order valence-corrected chi connectivity index (χ4v) is 3.82. The summed E-state index contributed by atoms with van der Waals surface area (Å²) in [6.45, 7) is 4.18. The van der Waals surface area contributed by atoms with Crippen molar-refractivity contribution in [2.75, 3.05) is 16.8 Å². The molecule has 0 aromatic heterocycles. The number of amides is 2. The van der Waals surface area contributed by atoms with Crippen molar-refractivity contribution in [1.82, 2.24) is 0 Å². The molecule has 8 heteroatoms. The third-order valence-corrected chi connectivity index (χ3v) is 5.55. The first-order valence-corrected chi connectivity index (χ1v) is 10.9. The second-order valence-corrected chi connectivity index (χ2v) is 8.38. The summed E-state index contributed by atoms with van der Waals surface area (Å²) in [5.41, 5.74) is 2.03. The lowest BCUT2D eigenvalue weighted by molar-refractivity contribution is -0.120. The molecule has 6 nitrogen and oxygen atoms in total. The Morgan fingerprint density at radius 1 is 1.17 bits per heavy atom. The number of anilines is 2. The Labute approximate surface area is 193 Å². The minimum absolute atomic E-state index is 0.0314. The van der Waals surface area contributed by atoms with Gasteiger partial charge in [0.15, 0.2) is 0 Å². The molecule has 0 atom stereocenters. The first-order chi connectivity index (χ1) is 14.3. The fourth-order valence-electron chi connectivity index (χ4n) is 2.96. The summed E-state index contributed by atoms with van der Waals surface area (Å²) in [6, 6.07) is 11.9. The minimum atomic E-state index is -0.594. The Bertz CT molecular complexity index is 1050. The van der Waals surface area contributed by atoms with Crippen molar-refractivity contribution in [2.45, 2.75) is 26.7 Å². The summed E-state index contributed by atoms with van der Waals surface area (Å²) < 4.78 is 6.21. The van der Waals surface area contributed by atoms with Gasteiger partial charge in [-0.05, 0) is 77.9 Å². The van der Waals surface area contributed by atoms with E-state index in [0.29, 0.717) is 23.5 Å². The maximum Gasteiger partial charge on any atom is 0.338 e. The maximum atomic E-state index is 13.0. The first kappa shape index (κ1) is 22.3. The number of rotatable bonds is 7. The molecule has 156 valence electrons. The second kappa shape index (κ2) is 9.61. The van der Waals surface area contributed by atoms with Gasteiger partial charge in [-0.3, -0.25) is 9.59 Å². The summed E-state index contributed by atoms with van der Waals surface area (Å²) in [7, 11) is 0. The van der Waals surface area contributed by atoms with E-state index in [1.807, 2.05) is 26.0 Å². The highest BCUT2D eigenvalue weighted by Gasteiger charge is 2.39. The molecule has 0 radical (unpaired) electrons. The molecular formula is C22H20ClIN2O4. The predicted molar refractivity (Wildman–Crippen MR) is 125 cm³/mol. The number of halogens is 2. The van der Waals surface area contributed by atoms with Crippen LogP contribution in [0, 0.1) is 10.5 Å². The van der Waals surface area contributed by atoms with Crippen molar-refractivity contribution in [2.24, 2.45) is 0 Å². The van der Waals surface area contributed by atoms with Crippen LogP contribution in [0.2, 0.25) is 0 Å². The number of hydrogen-bond donors (Lipinski definition) is 1. The van der Waals surface area contributed by atoms with Crippen molar-refractivity contribution in [3.63, 3.8) is 0 Å². The van der Waals surface area contributed by atoms with Crippen molar-refractivity contribution in [3.05, 3.63) is 67.9 Å². The Morgan fingerprint density at radius 2 is 1.93 bits per heavy atom. The van der Waals surface area contributed by atoms with Crippen LogP contribution in [-0.2, 0) is 14.3 Å². The molecule has 1 aliphatic rings. The summed E-state index contributed by atoms with van der Waals surface area (Å²) >= 11 is 8.36. The molecule has 0 saturated heterocycles. The summed E-state index contributed by atoms with van der Waals surface area (Å²) in [4.78, 5) is 38.9. The second-order valence-electron chi connectivity index (χ2n) is 6.76. The van der Waals surface area contributed by atoms with Crippen LogP contribution >= 0.6 is 34.2 Å². The van der Waals surface area contributed by atoms with Gasteiger partial charge in [-0.25, -0.2) is 9.69 Å². The number of imide groups is 1. The van der Waals surface area contributed by atoms with E-state index in [1.54, 1.807) is 30.3 Å². The number of carbonyl (C=O) groups is 3. The van der Waals surface area contributed by atoms with Crippen LogP contribution < -0.4 is 10.2 Å². The summed E-state index contributed by atoms with van der Waals surface area (Å²) in [6.07, 6.45) is 1.71. The van der Waals surface area contributed by atoms with E-state index >= 15 is 0 Å². The van der Waals surface area contributed by atoms with Gasteiger partial charge in [-0.1, -0.05) is 31.0 Å². The van der Waals surface area contributed by atoms with Gasteiger partial charge in [0.1, 0.15) is 10.7 Å². The number of unbranched alkanes of at least 4 members (excludes halogenated alkanes) is 1. The largest absolute Gasteiger partial charge is 0.462 e. The molecular weight excluding hydrogens is 519 g/mol. The number of nitrogens with one attached hydrogen (secondary N) is 1. The topological polar surface area (TPSA) is 75.7 Å². The van der Waals surface area contributed by atoms with Gasteiger partial charge < -0.3 is 10.1 Å². The molecule has 1 heterocycles. The monoisotopic (exact) mass is 538 g/mol. The number of ether oxygens (including phenoxy) is 1. The molecule has 2 aromatic carbocycles. The van der Waals surface area contributed by atoms with Crippen molar-refractivity contribution in [1.29, 1.82) is 0 Å². The molecule has 3 rings (SSSR count). The number of benzene rings is 2. The van der Waals surface area contributed by atoms with Crippen LogP contribution in [0.4, 0.5) is 11.4 Å². The molecule has 0 bridgehead atoms. The number of carbonyl (C=O) groups excluding carboxylic acids is 3. The smallest absolute Gasteiger partial charge is 0.338 e. The van der Waals surface area contributed by atoms with Crippen LogP contribution in [0.5, 0.6) is 0 Å². The van der Waals surface area contributed by atoms with E-state index in [4.69, 9.17) is 16.3 Å². The molecule has 0 spiro atoms. The highest BCUT2D eigenvalue weighted by atomic mass is 127. The summed E-state index contributed by atoms with van der Waals surface area (Å²) in [5.74, 6) is -1.59. The third kappa shape index (κ3) is 4.67. The SMILES string of the molecule is CCCCOC(=O)c1cccc(NC2=C(Cl)C(=O)N(c3ccc(I)cc3C)C2=O)c1. The Morgan fingerprint density at radius 3 is 2.63 bits per heavy atom. The average molecular weight is 539 g/mol. The summed E-state index contributed by atoms with van der Waals surface area (Å²) in [5, 5.41) is 2.69. The van der Waals surface area contributed by atoms with Crippen molar-refractivity contribution >= 4 is 63.4 Å². The third-order valence-electron chi connectivity index (χ3n) is 4.53. The molecule has 1 N–H and O–H groups in total. The van der Waals surface area contributed by atoms with Crippen molar-refractivity contribution < 1.29 is 19.1 Å². The first-order valence-electron chi connectivity index (χ1n) is 9.42. The molecule has 1 aliphatic heterocycles. The maximum absolute atomic E-state index is 13.0. The zero-order chi connectivity index (χ0) is 21.8. The van der Waals surface area contributed by atoms with Crippen LogP contribution in [0.15, 0.2) is 53.2 Å². The van der Waals surface area contributed by atoms with E-state index in [2.05, 4.69) is 27.9 Å². The van der Waals surface area contributed by atoms with E-state index in [0.717, 1.165) is 26.9 Å². The number of nitrogens with zero attached hydrogens (tertiary/aromatic N) is 1. The van der Waals surface area contributed by atoms with E-state index in [9.17, 15) is 14.4 Å².